The molecule has 0 aliphatic carbocycles. The van der Waals surface area contributed by atoms with Crippen molar-refractivity contribution in [1.82, 2.24) is 10.2 Å². The molecule has 0 atom stereocenters. The van der Waals surface area contributed by atoms with Gasteiger partial charge >= 0.3 is 18.0 Å². The highest BCUT2D eigenvalue weighted by molar-refractivity contribution is 6.35. The van der Waals surface area contributed by atoms with Gasteiger partial charge in [-0.3, -0.25) is 4.79 Å². The van der Waals surface area contributed by atoms with E-state index >= 15 is 0 Å². The minimum absolute atomic E-state index is 0.215. The smallest absolute Gasteiger partial charge is 0.330 e. The highest BCUT2D eigenvalue weighted by atomic mass is 35.5. The molecule has 1 aromatic carbocycles. The quantitative estimate of drug-likeness (QED) is 0.320. The van der Waals surface area contributed by atoms with Crippen LogP contribution in [-0.2, 0) is 9.53 Å². The Morgan fingerprint density at radius 2 is 1.57 bits per heavy atom. The zero-order valence-corrected chi connectivity index (χ0v) is 19.3. The minimum Gasteiger partial charge on any atom is -0.464 e. The molecule has 0 saturated heterocycles. The Hall–Kier alpha value is -1.99. The first kappa shape index (κ1) is 26.0. The predicted molar refractivity (Wildman–Crippen MR) is 120 cm³/mol. The van der Waals surface area contributed by atoms with Gasteiger partial charge in [-0.25, -0.2) is 14.5 Å². The zero-order valence-electron chi connectivity index (χ0n) is 17.8. The maximum absolute atomic E-state index is 12.6. The first-order chi connectivity index (χ1) is 14.2. The lowest BCUT2D eigenvalue weighted by atomic mass is 10.1. The summed E-state index contributed by atoms with van der Waals surface area (Å²) in [4.78, 5) is 38.0. The van der Waals surface area contributed by atoms with E-state index in [1.165, 1.54) is 37.5 Å². The third-order valence-electron chi connectivity index (χ3n) is 4.06. The summed E-state index contributed by atoms with van der Waals surface area (Å²) in [5.74, 6) is -0.651. The summed E-state index contributed by atoms with van der Waals surface area (Å²) in [5, 5.41) is 5.78. The van der Waals surface area contributed by atoms with Crippen molar-refractivity contribution in [2.75, 3.05) is 18.5 Å². The summed E-state index contributed by atoms with van der Waals surface area (Å²) in [6, 6.07) is 2.78. The Kier molecular flexibility index (Phi) is 12.2. The van der Waals surface area contributed by atoms with E-state index in [9.17, 15) is 14.4 Å². The summed E-state index contributed by atoms with van der Waals surface area (Å²) in [7, 11) is 0. The number of halogens is 2. The number of amides is 4. The highest BCUT2D eigenvalue weighted by Crippen LogP contribution is 2.22. The molecule has 168 valence electrons. The summed E-state index contributed by atoms with van der Waals surface area (Å²) >= 11 is 11.9. The normalized spacial score (nSPS) is 10.6. The van der Waals surface area contributed by atoms with E-state index in [1.54, 1.807) is 13.8 Å². The van der Waals surface area contributed by atoms with Crippen LogP contribution in [0.3, 0.4) is 0 Å². The van der Waals surface area contributed by atoms with Crippen LogP contribution in [0.4, 0.5) is 15.3 Å². The molecule has 0 unspecified atom stereocenters. The lowest BCUT2D eigenvalue weighted by molar-refractivity contribution is -0.143. The predicted octanol–water partition coefficient (Wildman–Crippen LogP) is 5.85. The van der Waals surface area contributed by atoms with Crippen molar-refractivity contribution in [2.45, 2.75) is 65.3 Å². The first-order valence-electron chi connectivity index (χ1n) is 10.2. The van der Waals surface area contributed by atoms with Crippen molar-refractivity contribution in [3.63, 3.8) is 0 Å². The third-order valence-corrected chi connectivity index (χ3v) is 4.50. The van der Waals surface area contributed by atoms with Crippen LogP contribution in [0.1, 0.15) is 59.3 Å². The van der Waals surface area contributed by atoms with Crippen LogP contribution in [-0.4, -0.2) is 42.1 Å². The van der Waals surface area contributed by atoms with Gasteiger partial charge in [0.1, 0.15) is 6.54 Å². The highest BCUT2D eigenvalue weighted by Gasteiger charge is 2.25. The van der Waals surface area contributed by atoms with Gasteiger partial charge in [0.25, 0.3) is 0 Å². The van der Waals surface area contributed by atoms with Crippen LogP contribution in [0, 0.1) is 0 Å². The number of nitrogens with zero attached hydrogens (tertiary/aromatic N) is 1. The van der Waals surface area contributed by atoms with Crippen LogP contribution < -0.4 is 10.6 Å². The molecule has 0 saturated carbocycles. The van der Waals surface area contributed by atoms with E-state index < -0.39 is 24.6 Å². The lowest BCUT2D eigenvalue weighted by Gasteiger charge is -2.22. The molecule has 0 bridgehead atoms. The second-order valence-electron chi connectivity index (χ2n) is 7.27. The number of hydrogen-bond acceptors (Lipinski definition) is 4. The van der Waals surface area contributed by atoms with Crippen LogP contribution in [0.5, 0.6) is 0 Å². The van der Waals surface area contributed by atoms with Gasteiger partial charge in [0.05, 0.1) is 6.61 Å². The van der Waals surface area contributed by atoms with E-state index in [0.29, 0.717) is 15.7 Å². The minimum atomic E-state index is -0.789. The SMILES string of the molecule is CCCCCCCCOC(=O)CN(C(=O)Nc1cc(Cl)cc(Cl)c1)C(=O)NC(C)C. The third kappa shape index (κ3) is 10.7. The van der Waals surface area contributed by atoms with E-state index in [1.807, 2.05) is 0 Å². The van der Waals surface area contributed by atoms with Gasteiger partial charge in [0.15, 0.2) is 0 Å². The second kappa shape index (κ2) is 14.1. The Morgan fingerprint density at radius 1 is 0.967 bits per heavy atom. The molecule has 0 aromatic heterocycles. The number of nitrogens with one attached hydrogen (secondary N) is 2. The summed E-state index contributed by atoms with van der Waals surface area (Å²) in [6.07, 6.45) is 6.36. The van der Waals surface area contributed by atoms with Gasteiger partial charge in [-0.15, -0.1) is 0 Å². The zero-order chi connectivity index (χ0) is 22.5. The fourth-order valence-electron chi connectivity index (χ4n) is 2.62. The van der Waals surface area contributed by atoms with Crippen molar-refractivity contribution in [3.8, 4) is 0 Å². The first-order valence-corrected chi connectivity index (χ1v) is 11.0. The number of hydrogen-bond donors (Lipinski definition) is 2. The van der Waals surface area contributed by atoms with Gasteiger partial charge in [-0.1, -0.05) is 62.2 Å². The lowest BCUT2D eigenvalue weighted by Crippen LogP contribution is -2.50. The van der Waals surface area contributed by atoms with Crippen LogP contribution in [0.25, 0.3) is 0 Å². The summed E-state index contributed by atoms with van der Waals surface area (Å²) in [6.45, 7) is 5.41. The van der Waals surface area contributed by atoms with Crippen molar-refractivity contribution < 1.29 is 19.1 Å². The summed E-state index contributed by atoms with van der Waals surface area (Å²) < 4.78 is 5.19. The Labute approximate surface area is 188 Å². The number of ether oxygens (including phenoxy) is 1. The molecule has 0 spiro atoms. The molecular formula is C21H31Cl2N3O4. The number of unbranched alkanes of at least 4 members (excludes halogenated alkanes) is 5. The molecule has 1 rings (SSSR count). The monoisotopic (exact) mass is 459 g/mol. The van der Waals surface area contributed by atoms with Crippen molar-refractivity contribution in [2.24, 2.45) is 0 Å². The topological polar surface area (TPSA) is 87.7 Å². The molecule has 0 radical (unpaired) electrons. The molecule has 7 nitrogen and oxygen atoms in total. The van der Waals surface area contributed by atoms with E-state index in [-0.39, 0.29) is 12.6 Å². The largest absolute Gasteiger partial charge is 0.464 e. The van der Waals surface area contributed by atoms with Gasteiger partial charge in [0, 0.05) is 21.8 Å². The number of carbonyl (C=O) groups excluding carboxylic acids is 3. The number of esters is 1. The second-order valence-corrected chi connectivity index (χ2v) is 8.14. The number of anilines is 1. The standard InChI is InChI=1S/C21H31Cl2N3O4/c1-4-5-6-7-8-9-10-30-19(27)14-26(20(28)24-15(2)3)21(29)25-18-12-16(22)11-17(23)13-18/h11-13,15H,4-10,14H2,1-3H3,(H,24,28)(H,25,29). The molecule has 30 heavy (non-hydrogen) atoms. The fraction of sp³-hybridized carbons (Fsp3) is 0.571. The molecule has 1 aromatic rings. The average Bonchev–Trinajstić information content (AvgIpc) is 2.63. The number of rotatable bonds is 11. The van der Waals surface area contributed by atoms with E-state index in [2.05, 4.69) is 17.6 Å². The molecule has 9 heteroatoms. The molecule has 0 heterocycles. The van der Waals surface area contributed by atoms with Gasteiger partial charge in [-0.2, -0.15) is 0 Å². The van der Waals surface area contributed by atoms with Crippen molar-refractivity contribution >= 4 is 46.9 Å². The van der Waals surface area contributed by atoms with Gasteiger partial charge < -0.3 is 15.4 Å². The van der Waals surface area contributed by atoms with Crippen LogP contribution in [0.15, 0.2) is 18.2 Å². The molecule has 2 N–H and O–H groups in total. The number of benzene rings is 1. The van der Waals surface area contributed by atoms with Crippen molar-refractivity contribution in [1.29, 1.82) is 0 Å². The van der Waals surface area contributed by atoms with E-state index in [4.69, 9.17) is 27.9 Å². The number of urea groups is 2. The molecule has 0 aliphatic heterocycles. The summed E-state index contributed by atoms with van der Waals surface area (Å²) in [5.41, 5.74) is 0.306. The molecule has 0 aliphatic rings. The van der Waals surface area contributed by atoms with Crippen molar-refractivity contribution in [3.05, 3.63) is 28.2 Å². The maximum Gasteiger partial charge on any atom is 0.330 e. The molecule has 4 amide bonds. The fourth-order valence-corrected chi connectivity index (χ4v) is 3.15. The maximum atomic E-state index is 12.6. The van der Waals surface area contributed by atoms with E-state index in [0.717, 1.165) is 24.2 Å². The van der Waals surface area contributed by atoms with Crippen LogP contribution >= 0.6 is 23.2 Å². The number of imide groups is 1. The Balaban J connectivity index is 2.65. The van der Waals surface area contributed by atoms with Gasteiger partial charge in [0.2, 0.25) is 0 Å². The number of carbonyl (C=O) groups is 3. The molecular weight excluding hydrogens is 429 g/mol. The molecule has 0 fully saturated rings. The van der Waals surface area contributed by atoms with Gasteiger partial charge in [-0.05, 0) is 38.5 Å². The Bertz CT molecular complexity index is 693. The average molecular weight is 460 g/mol. The van der Waals surface area contributed by atoms with Crippen LogP contribution in [0.2, 0.25) is 10.0 Å². The Morgan fingerprint density at radius 3 is 2.17 bits per heavy atom.